The first-order chi connectivity index (χ1) is 13.0. The standard InChI is InChI=1S/C20H21ClN2O4/c1-2-23(20(25)11-14-3-5-15(21)6-4-14)13-19(24)22-16-7-8-17-18(12-16)27-10-9-26-17/h3-8,12H,2,9-11,13H2,1H3,(H,22,24). The Labute approximate surface area is 163 Å². The van der Waals surface area contributed by atoms with Crippen LogP contribution >= 0.6 is 11.6 Å². The van der Waals surface area contributed by atoms with Crippen LogP contribution in [0.25, 0.3) is 0 Å². The Balaban J connectivity index is 1.57. The number of fused-ring (bicyclic) bond motifs is 1. The summed E-state index contributed by atoms with van der Waals surface area (Å²) < 4.78 is 11.0. The molecule has 0 saturated carbocycles. The zero-order chi connectivity index (χ0) is 19.2. The number of benzene rings is 2. The maximum absolute atomic E-state index is 12.5. The van der Waals surface area contributed by atoms with Crippen molar-refractivity contribution in [2.75, 3.05) is 31.6 Å². The van der Waals surface area contributed by atoms with Gasteiger partial charge in [0.15, 0.2) is 11.5 Å². The average Bonchev–Trinajstić information content (AvgIpc) is 2.67. The van der Waals surface area contributed by atoms with Crippen LogP contribution in [0.15, 0.2) is 42.5 Å². The van der Waals surface area contributed by atoms with Crippen molar-refractivity contribution in [2.24, 2.45) is 0 Å². The van der Waals surface area contributed by atoms with Gasteiger partial charge in [-0.1, -0.05) is 23.7 Å². The van der Waals surface area contributed by atoms with E-state index < -0.39 is 0 Å². The first kappa shape index (κ1) is 19.0. The number of anilines is 1. The van der Waals surface area contributed by atoms with Gasteiger partial charge >= 0.3 is 0 Å². The highest BCUT2D eigenvalue weighted by atomic mass is 35.5. The number of halogens is 1. The molecule has 142 valence electrons. The second-order valence-electron chi connectivity index (χ2n) is 6.12. The molecule has 2 aromatic carbocycles. The van der Waals surface area contributed by atoms with Crippen LogP contribution in [0.1, 0.15) is 12.5 Å². The van der Waals surface area contributed by atoms with Gasteiger partial charge < -0.3 is 19.7 Å². The average molecular weight is 389 g/mol. The zero-order valence-corrected chi connectivity index (χ0v) is 15.8. The predicted octanol–water partition coefficient (Wildman–Crippen LogP) is 3.14. The lowest BCUT2D eigenvalue weighted by Crippen LogP contribution is -2.38. The van der Waals surface area contributed by atoms with Gasteiger partial charge in [-0.3, -0.25) is 9.59 Å². The van der Waals surface area contributed by atoms with E-state index in [0.717, 1.165) is 5.56 Å². The fourth-order valence-corrected chi connectivity index (χ4v) is 2.89. The Kier molecular flexibility index (Phi) is 6.19. The lowest BCUT2D eigenvalue weighted by molar-refractivity contribution is -0.133. The van der Waals surface area contributed by atoms with Crippen LogP contribution in [0, 0.1) is 0 Å². The van der Waals surface area contributed by atoms with E-state index >= 15 is 0 Å². The monoisotopic (exact) mass is 388 g/mol. The molecule has 2 amide bonds. The molecule has 27 heavy (non-hydrogen) atoms. The van der Waals surface area contributed by atoms with Gasteiger partial charge in [0.1, 0.15) is 13.2 Å². The third-order valence-electron chi connectivity index (χ3n) is 4.16. The van der Waals surface area contributed by atoms with Gasteiger partial charge in [-0.15, -0.1) is 0 Å². The second kappa shape index (κ2) is 8.77. The highest BCUT2D eigenvalue weighted by molar-refractivity contribution is 6.30. The molecular weight excluding hydrogens is 368 g/mol. The summed E-state index contributed by atoms with van der Waals surface area (Å²) >= 11 is 5.86. The van der Waals surface area contributed by atoms with Crippen LogP contribution < -0.4 is 14.8 Å². The zero-order valence-electron chi connectivity index (χ0n) is 15.0. The predicted molar refractivity (Wildman–Crippen MR) is 103 cm³/mol. The summed E-state index contributed by atoms with van der Waals surface area (Å²) in [7, 11) is 0. The molecule has 0 unspecified atom stereocenters. The Hall–Kier alpha value is -2.73. The quantitative estimate of drug-likeness (QED) is 0.825. The van der Waals surface area contributed by atoms with Gasteiger partial charge in [-0.2, -0.15) is 0 Å². The lowest BCUT2D eigenvalue weighted by Gasteiger charge is -2.21. The van der Waals surface area contributed by atoms with Crippen LogP contribution in [0.5, 0.6) is 11.5 Å². The van der Waals surface area contributed by atoms with Crippen molar-refractivity contribution in [1.29, 1.82) is 0 Å². The Bertz CT molecular complexity index is 823. The number of hydrogen-bond acceptors (Lipinski definition) is 4. The normalized spacial score (nSPS) is 12.4. The highest BCUT2D eigenvalue weighted by Crippen LogP contribution is 2.32. The summed E-state index contributed by atoms with van der Waals surface area (Å²) in [6.07, 6.45) is 0.225. The van der Waals surface area contributed by atoms with Crippen molar-refractivity contribution in [2.45, 2.75) is 13.3 Å². The number of rotatable bonds is 6. The number of nitrogens with zero attached hydrogens (tertiary/aromatic N) is 1. The SMILES string of the molecule is CCN(CC(=O)Nc1ccc2c(c1)OCCO2)C(=O)Cc1ccc(Cl)cc1. The summed E-state index contributed by atoms with van der Waals surface area (Å²) in [4.78, 5) is 26.4. The Morgan fingerprint density at radius 2 is 1.78 bits per heavy atom. The van der Waals surface area contributed by atoms with Crippen LogP contribution in [-0.4, -0.2) is 43.0 Å². The molecule has 0 aliphatic carbocycles. The van der Waals surface area contributed by atoms with E-state index in [-0.39, 0.29) is 24.8 Å². The van der Waals surface area contributed by atoms with Gasteiger partial charge in [0.2, 0.25) is 11.8 Å². The number of hydrogen-bond donors (Lipinski definition) is 1. The Morgan fingerprint density at radius 3 is 2.48 bits per heavy atom. The first-order valence-electron chi connectivity index (χ1n) is 8.77. The minimum atomic E-state index is -0.266. The number of amides is 2. The second-order valence-corrected chi connectivity index (χ2v) is 6.55. The minimum Gasteiger partial charge on any atom is -0.486 e. The number of carbonyl (C=O) groups is 2. The molecule has 0 radical (unpaired) electrons. The van der Waals surface area contributed by atoms with Gasteiger partial charge in [0.25, 0.3) is 0 Å². The third kappa shape index (κ3) is 5.14. The van der Waals surface area contributed by atoms with E-state index in [4.69, 9.17) is 21.1 Å². The molecule has 2 aromatic rings. The Morgan fingerprint density at radius 1 is 1.07 bits per heavy atom. The largest absolute Gasteiger partial charge is 0.486 e. The fraction of sp³-hybridized carbons (Fsp3) is 0.300. The number of carbonyl (C=O) groups excluding carboxylic acids is 2. The maximum Gasteiger partial charge on any atom is 0.243 e. The smallest absolute Gasteiger partial charge is 0.243 e. The summed E-state index contributed by atoms with van der Waals surface area (Å²) in [5.74, 6) is 0.882. The fourth-order valence-electron chi connectivity index (χ4n) is 2.76. The van der Waals surface area contributed by atoms with Crippen LogP contribution in [0.3, 0.4) is 0 Å². The molecule has 3 rings (SSSR count). The van der Waals surface area contributed by atoms with Crippen molar-refractivity contribution in [3.8, 4) is 11.5 Å². The highest BCUT2D eigenvalue weighted by Gasteiger charge is 2.17. The molecule has 7 heteroatoms. The topological polar surface area (TPSA) is 67.9 Å². The van der Waals surface area contributed by atoms with Crippen molar-refractivity contribution in [3.63, 3.8) is 0 Å². The molecule has 1 aliphatic heterocycles. The van der Waals surface area contributed by atoms with Crippen LogP contribution in [0.4, 0.5) is 5.69 Å². The summed E-state index contributed by atoms with van der Waals surface area (Å²) in [5, 5.41) is 3.42. The molecule has 0 aromatic heterocycles. The molecule has 0 saturated heterocycles. The molecule has 0 fully saturated rings. The minimum absolute atomic E-state index is 0.0165. The number of nitrogens with one attached hydrogen (secondary N) is 1. The molecule has 1 heterocycles. The van der Waals surface area contributed by atoms with Gasteiger partial charge in [-0.05, 0) is 36.8 Å². The van der Waals surface area contributed by atoms with Crippen molar-refractivity contribution >= 4 is 29.1 Å². The van der Waals surface area contributed by atoms with E-state index in [2.05, 4.69) is 5.32 Å². The summed E-state index contributed by atoms with van der Waals surface area (Å²) in [5.41, 5.74) is 1.46. The summed E-state index contributed by atoms with van der Waals surface area (Å²) in [6, 6.07) is 12.3. The molecule has 1 aliphatic rings. The first-order valence-corrected chi connectivity index (χ1v) is 9.14. The van der Waals surface area contributed by atoms with Gasteiger partial charge in [0.05, 0.1) is 13.0 Å². The van der Waals surface area contributed by atoms with E-state index in [9.17, 15) is 9.59 Å². The molecule has 1 N–H and O–H groups in total. The maximum atomic E-state index is 12.5. The molecule has 6 nitrogen and oxygen atoms in total. The molecule has 0 bridgehead atoms. The van der Waals surface area contributed by atoms with Gasteiger partial charge in [0, 0.05) is 23.3 Å². The third-order valence-corrected chi connectivity index (χ3v) is 4.42. The van der Waals surface area contributed by atoms with E-state index in [1.54, 1.807) is 30.3 Å². The van der Waals surface area contributed by atoms with Crippen molar-refractivity contribution < 1.29 is 19.1 Å². The van der Waals surface area contributed by atoms with E-state index in [1.807, 2.05) is 19.1 Å². The van der Waals surface area contributed by atoms with E-state index in [1.165, 1.54) is 4.90 Å². The number of likely N-dealkylation sites (N-methyl/N-ethyl adjacent to an activating group) is 1. The number of ether oxygens (including phenoxy) is 2. The molecule has 0 atom stereocenters. The van der Waals surface area contributed by atoms with E-state index in [0.29, 0.717) is 42.0 Å². The van der Waals surface area contributed by atoms with Crippen LogP contribution in [0.2, 0.25) is 5.02 Å². The molecular formula is C20H21ClN2O4. The van der Waals surface area contributed by atoms with Crippen molar-refractivity contribution in [3.05, 3.63) is 53.1 Å². The summed E-state index contributed by atoms with van der Waals surface area (Å²) in [6.45, 7) is 3.27. The van der Waals surface area contributed by atoms with Crippen molar-refractivity contribution in [1.82, 2.24) is 4.90 Å². The van der Waals surface area contributed by atoms with Gasteiger partial charge in [-0.25, -0.2) is 0 Å². The van der Waals surface area contributed by atoms with Crippen LogP contribution in [-0.2, 0) is 16.0 Å². The molecule has 0 spiro atoms. The lowest BCUT2D eigenvalue weighted by atomic mass is 10.1.